The van der Waals surface area contributed by atoms with Gasteiger partial charge >= 0.3 is 5.69 Å². The van der Waals surface area contributed by atoms with Crippen LogP contribution in [0.2, 0.25) is 0 Å². The molecule has 0 saturated carbocycles. The Balaban J connectivity index is 3.09. The van der Waals surface area contributed by atoms with Crippen LogP contribution >= 0.6 is 0 Å². The minimum absolute atomic E-state index is 0.0470. The predicted octanol–water partition coefficient (Wildman–Crippen LogP) is 1.97. The Morgan fingerprint density at radius 3 is 2.50 bits per heavy atom. The number of carbonyl (C=O) groups is 1. The summed E-state index contributed by atoms with van der Waals surface area (Å²) in [4.78, 5) is 23.3. The third-order valence-corrected chi connectivity index (χ3v) is 2.00. The molecule has 96 valence electrons. The van der Waals surface area contributed by atoms with Crippen LogP contribution in [0.25, 0.3) is 0 Å². The largest absolute Gasteiger partial charge is 0.445 e. The summed E-state index contributed by atoms with van der Waals surface area (Å²) in [6, 6.07) is 5.91. The van der Waals surface area contributed by atoms with Gasteiger partial charge in [0.05, 0.1) is 4.92 Å². The first-order valence-corrected chi connectivity index (χ1v) is 5.22. The van der Waals surface area contributed by atoms with E-state index in [1.165, 1.54) is 31.3 Å². The summed E-state index contributed by atoms with van der Waals surface area (Å²) >= 11 is 0. The number of benzene rings is 1. The molecule has 1 aromatic carbocycles. The van der Waals surface area contributed by atoms with Crippen LogP contribution in [0.5, 0.6) is 5.75 Å². The molecular weight excluding hydrogens is 236 g/mol. The Kier molecular flexibility index (Phi) is 4.42. The Labute approximate surface area is 105 Å². The average Bonchev–Trinajstić information content (AvgIpc) is 2.27. The molecule has 0 radical (unpaired) electrons. The van der Waals surface area contributed by atoms with Gasteiger partial charge in [-0.25, -0.2) is 0 Å². The maximum Gasteiger partial charge on any atom is 0.311 e. The van der Waals surface area contributed by atoms with Gasteiger partial charge in [-0.1, -0.05) is 12.1 Å². The van der Waals surface area contributed by atoms with Crippen LogP contribution < -0.4 is 4.74 Å². The highest BCUT2D eigenvalue weighted by atomic mass is 16.6. The summed E-state index contributed by atoms with van der Waals surface area (Å²) in [6.07, 6.45) is 1.47. The SMILES string of the molecule is CC(=O)/C(=C/N(C)C)Oc1ccccc1[N+](=O)[O-]. The van der Waals surface area contributed by atoms with Gasteiger partial charge in [-0.15, -0.1) is 0 Å². The smallest absolute Gasteiger partial charge is 0.311 e. The fourth-order valence-electron chi connectivity index (χ4n) is 1.24. The number of nitro benzene ring substituents is 1. The van der Waals surface area contributed by atoms with Crippen molar-refractivity contribution in [2.75, 3.05) is 14.1 Å². The van der Waals surface area contributed by atoms with Crippen LogP contribution in [0.4, 0.5) is 5.69 Å². The molecule has 0 heterocycles. The Morgan fingerprint density at radius 2 is 2.00 bits per heavy atom. The zero-order chi connectivity index (χ0) is 13.7. The van der Waals surface area contributed by atoms with Crippen LogP contribution in [0.1, 0.15) is 6.92 Å². The van der Waals surface area contributed by atoms with Crippen molar-refractivity contribution in [1.29, 1.82) is 0 Å². The maximum atomic E-state index is 11.4. The van der Waals surface area contributed by atoms with Crippen LogP contribution in [-0.2, 0) is 4.79 Å². The van der Waals surface area contributed by atoms with Gasteiger partial charge in [0.15, 0.2) is 11.5 Å². The molecule has 0 N–H and O–H groups in total. The highest BCUT2D eigenvalue weighted by Crippen LogP contribution is 2.27. The van der Waals surface area contributed by atoms with Gasteiger partial charge in [0, 0.05) is 33.3 Å². The second-order valence-corrected chi connectivity index (χ2v) is 3.84. The van der Waals surface area contributed by atoms with Crippen molar-refractivity contribution < 1.29 is 14.5 Å². The van der Waals surface area contributed by atoms with Crippen molar-refractivity contribution in [2.45, 2.75) is 6.92 Å². The molecule has 6 nitrogen and oxygen atoms in total. The van der Waals surface area contributed by atoms with E-state index in [4.69, 9.17) is 4.74 Å². The number of nitro groups is 1. The molecule has 18 heavy (non-hydrogen) atoms. The third-order valence-electron chi connectivity index (χ3n) is 2.00. The summed E-state index contributed by atoms with van der Waals surface area (Å²) in [5.74, 6) is -0.207. The lowest BCUT2D eigenvalue weighted by Crippen LogP contribution is -2.12. The highest BCUT2D eigenvalue weighted by Gasteiger charge is 2.17. The molecule has 0 aromatic heterocycles. The van der Waals surface area contributed by atoms with Crippen molar-refractivity contribution in [1.82, 2.24) is 4.90 Å². The number of rotatable bonds is 5. The Hall–Kier alpha value is -2.37. The quantitative estimate of drug-likeness (QED) is 0.346. The average molecular weight is 250 g/mol. The van der Waals surface area contributed by atoms with Crippen LogP contribution in [0.3, 0.4) is 0 Å². The molecule has 0 saturated heterocycles. The molecule has 0 bridgehead atoms. The van der Waals surface area contributed by atoms with E-state index in [1.807, 2.05) is 0 Å². The molecule has 0 aliphatic carbocycles. The number of para-hydroxylation sites is 2. The molecule has 0 unspecified atom stereocenters. The zero-order valence-electron chi connectivity index (χ0n) is 10.4. The molecule has 1 aromatic rings. The van der Waals surface area contributed by atoms with Gasteiger partial charge in [0.25, 0.3) is 0 Å². The van der Waals surface area contributed by atoms with Crippen molar-refractivity contribution in [2.24, 2.45) is 0 Å². The summed E-state index contributed by atoms with van der Waals surface area (Å²) < 4.78 is 5.31. The number of hydrogen-bond donors (Lipinski definition) is 0. The van der Waals surface area contributed by atoms with Gasteiger partial charge in [0.2, 0.25) is 5.75 Å². The zero-order valence-corrected chi connectivity index (χ0v) is 10.4. The second-order valence-electron chi connectivity index (χ2n) is 3.84. The lowest BCUT2D eigenvalue weighted by Gasteiger charge is -2.11. The third kappa shape index (κ3) is 3.58. The van der Waals surface area contributed by atoms with Crippen LogP contribution in [0.15, 0.2) is 36.2 Å². The van der Waals surface area contributed by atoms with Gasteiger partial charge in [-0.05, 0) is 6.07 Å². The van der Waals surface area contributed by atoms with E-state index >= 15 is 0 Å². The number of Topliss-reactive ketones (excluding diaryl/α,β-unsaturated/α-hetero) is 1. The van der Waals surface area contributed by atoms with Gasteiger partial charge < -0.3 is 9.64 Å². The van der Waals surface area contributed by atoms with Crippen molar-refractivity contribution in [3.8, 4) is 5.75 Å². The standard InChI is InChI=1S/C12H14N2O4/c1-9(15)12(8-13(2)3)18-11-7-5-4-6-10(11)14(16)17/h4-8H,1-3H3/b12-8-. The normalized spacial score (nSPS) is 10.9. The summed E-state index contributed by atoms with van der Waals surface area (Å²) in [5.41, 5.74) is -0.177. The van der Waals surface area contributed by atoms with E-state index in [-0.39, 0.29) is 23.0 Å². The fraction of sp³-hybridized carbons (Fsp3) is 0.250. The molecule has 0 atom stereocenters. The van der Waals surface area contributed by atoms with E-state index in [2.05, 4.69) is 0 Å². The minimum atomic E-state index is -0.553. The number of hydrogen-bond acceptors (Lipinski definition) is 5. The predicted molar refractivity (Wildman–Crippen MR) is 66.2 cm³/mol. The Bertz CT molecular complexity index is 495. The minimum Gasteiger partial charge on any atom is -0.445 e. The molecule has 0 aliphatic rings. The fourth-order valence-corrected chi connectivity index (χ4v) is 1.24. The maximum absolute atomic E-state index is 11.4. The van der Waals surface area contributed by atoms with Crippen molar-refractivity contribution in [3.05, 3.63) is 46.3 Å². The second kappa shape index (κ2) is 5.81. The van der Waals surface area contributed by atoms with E-state index in [0.717, 1.165) is 0 Å². The van der Waals surface area contributed by atoms with Gasteiger partial charge in [-0.2, -0.15) is 0 Å². The van der Waals surface area contributed by atoms with Gasteiger partial charge in [0.1, 0.15) is 0 Å². The molecule has 0 spiro atoms. The monoisotopic (exact) mass is 250 g/mol. The number of ketones is 1. The van der Waals surface area contributed by atoms with Crippen molar-refractivity contribution in [3.63, 3.8) is 0 Å². The van der Waals surface area contributed by atoms with Crippen LogP contribution in [0, 0.1) is 10.1 Å². The lowest BCUT2D eigenvalue weighted by atomic mass is 10.3. The molecule has 0 aliphatic heterocycles. The lowest BCUT2D eigenvalue weighted by molar-refractivity contribution is -0.385. The first-order valence-electron chi connectivity index (χ1n) is 5.22. The van der Waals surface area contributed by atoms with E-state index in [9.17, 15) is 14.9 Å². The molecule has 0 amide bonds. The number of carbonyl (C=O) groups excluding carboxylic acids is 1. The number of ether oxygens (including phenoxy) is 1. The van der Waals surface area contributed by atoms with E-state index < -0.39 is 4.92 Å². The number of nitrogens with zero attached hydrogens (tertiary/aromatic N) is 2. The molecule has 6 heteroatoms. The summed E-state index contributed by atoms with van der Waals surface area (Å²) in [6.45, 7) is 1.34. The molecule has 1 rings (SSSR count). The Morgan fingerprint density at radius 1 is 1.39 bits per heavy atom. The van der Waals surface area contributed by atoms with Crippen molar-refractivity contribution >= 4 is 11.5 Å². The molecular formula is C12H14N2O4. The van der Waals surface area contributed by atoms with E-state index in [1.54, 1.807) is 25.1 Å². The van der Waals surface area contributed by atoms with Gasteiger partial charge in [-0.3, -0.25) is 14.9 Å². The van der Waals surface area contributed by atoms with E-state index in [0.29, 0.717) is 0 Å². The van der Waals surface area contributed by atoms with Crippen LogP contribution in [-0.4, -0.2) is 29.7 Å². The summed E-state index contributed by atoms with van der Waals surface area (Å²) in [7, 11) is 3.46. The topological polar surface area (TPSA) is 72.7 Å². The molecule has 0 fully saturated rings. The number of allylic oxidation sites excluding steroid dienone is 1. The first kappa shape index (κ1) is 13.7. The summed E-state index contributed by atoms with van der Waals surface area (Å²) in [5, 5.41) is 10.8. The highest BCUT2D eigenvalue weighted by molar-refractivity contribution is 5.91. The first-order chi connectivity index (χ1) is 8.41.